The van der Waals surface area contributed by atoms with Crippen LogP contribution in [-0.2, 0) is 9.53 Å². The minimum atomic E-state index is -0.347. The second-order valence-electron chi connectivity index (χ2n) is 8.41. The normalized spacial score (nSPS) is 16.5. The van der Waals surface area contributed by atoms with Gasteiger partial charge in [-0.25, -0.2) is 9.98 Å². The predicted molar refractivity (Wildman–Crippen MR) is 137 cm³/mol. The maximum absolute atomic E-state index is 12.7. The highest BCUT2D eigenvalue weighted by Crippen LogP contribution is 2.29. The number of nitrogens with two attached hydrogens (primary N) is 1. The first-order valence-electron chi connectivity index (χ1n) is 11.3. The van der Waals surface area contributed by atoms with Crippen LogP contribution in [0.4, 0.5) is 10.8 Å². The molecule has 5 N–H and O–H groups in total. The van der Waals surface area contributed by atoms with Gasteiger partial charge in [0.05, 0.1) is 31.1 Å². The Bertz CT molecular complexity index is 1140. The molecule has 1 aliphatic rings. The summed E-state index contributed by atoms with van der Waals surface area (Å²) in [6, 6.07) is 3.46. The molecule has 2 amide bonds. The van der Waals surface area contributed by atoms with Crippen LogP contribution in [0.5, 0.6) is 5.75 Å². The summed E-state index contributed by atoms with van der Waals surface area (Å²) in [4.78, 5) is 35.8. The van der Waals surface area contributed by atoms with Gasteiger partial charge in [-0.05, 0) is 45.2 Å². The number of aryl methyl sites for hydroxylation is 1. The molecule has 3 rings (SSSR count). The number of amides is 2. The number of nitrogens with one attached hydrogen (secondary N) is 2. The fourth-order valence-electron chi connectivity index (χ4n) is 3.81. The molecule has 0 bridgehead atoms. The van der Waals surface area contributed by atoms with Crippen molar-refractivity contribution >= 4 is 39.8 Å². The predicted octanol–water partition coefficient (Wildman–Crippen LogP) is 2.84. The van der Waals surface area contributed by atoms with Gasteiger partial charge >= 0.3 is 0 Å². The Hall–Kier alpha value is -3.44. The van der Waals surface area contributed by atoms with E-state index in [9.17, 15) is 14.7 Å². The van der Waals surface area contributed by atoms with E-state index in [0.29, 0.717) is 33.4 Å². The maximum Gasteiger partial charge on any atom is 0.267 e. The van der Waals surface area contributed by atoms with Gasteiger partial charge in [-0.2, -0.15) is 0 Å². The van der Waals surface area contributed by atoms with Crippen molar-refractivity contribution in [2.75, 3.05) is 32.1 Å². The molecule has 1 aromatic heterocycles. The monoisotopic (exact) mass is 500 g/mol. The first-order chi connectivity index (χ1) is 16.7. The van der Waals surface area contributed by atoms with Gasteiger partial charge in [0.15, 0.2) is 0 Å². The quantitative estimate of drug-likeness (QED) is 0.306. The average molecular weight is 501 g/mol. The van der Waals surface area contributed by atoms with Crippen molar-refractivity contribution in [1.82, 2.24) is 15.2 Å². The largest absolute Gasteiger partial charge is 0.508 e. The Kier molecular flexibility index (Phi) is 8.83. The van der Waals surface area contributed by atoms with Crippen LogP contribution in [0.25, 0.3) is 0 Å². The van der Waals surface area contributed by atoms with E-state index in [1.807, 2.05) is 11.8 Å². The number of nitrogens with zero attached hydrogens (tertiary/aromatic N) is 3. The summed E-state index contributed by atoms with van der Waals surface area (Å²) in [5.74, 6) is 0.00257. The van der Waals surface area contributed by atoms with Crippen molar-refractivity contribution in [3.63, 3.8) is 0 Å². The number of hydrogen-bond acceptors (Lipinski definition) is 8. The average Bonchev–Trinajstić information content (AvgIpc) is 3.49. The van der Waals surface area contributed by atoms with Gasteiger partial charge in [0.1, 0.15) is 16.5 Å². The molecule has 1 aromatic carbocycles. The summed E-state index contributed by atoms with van der Waals surface area (Å²) in [6.07, 6.45) is 5.01. The summed E-state index contributed by atoms with van der Waals surface area (Å²) in [7, 11) is 1.64. The molecule has 0 saturated carbocycles. The molecule has 1 fully saturated rings. The number of aliphatic imine (C=N–C) groups is 1. The van der Waals surface area contributed by atoms with Gasteiger partial charge in [0.25, 0.3) is 5.91 Å². The van der Waals surface area contributed by atoms with Gasteiger partial charge in [0.2, 0.25) is 11.0 Å². The Balaban J connectivity index is 1.58. The van der Waals surface area contributed by atoms with Crippen molar-refractivity contribution in [1.29, 1.82) is 0 Å². The molecule has 0 aliphatic carbocycles. The number of anilines is 1. The zero-order valence-corrected chi connectivity index (χ0v) is 21.2. The summed E-state index contributed by atoms with van der Waals surface area (Å²) < 4.78 is 5.20. The van der Waals surface area contributed by atoms with E-state index in [1.54, 1.807) is 39.3 Å². The number of aromatic hydroxyl groups is 1. The number of thiazole rings is 1. The van der Waals surface area contributed by atoms with Crippen molar-refractivity contribution in [2.24, 2.45) is 10.7 Å². The van der Waals surface area contributed by atoms with Crippen molar-refractivity contribution in [2.45, 2.75) is 39.7 Å². The van der Waals surface area contributed by atoms with E-state index in [1.165, 1.54) is 6.20 Å². The van der Waals surface area contributed by atoms with E-state index in [-0.39, 0.29) is 36.0 Å². The highest BCUT2D eigenvalue weighted by Gasteiger charge is 2.28. The lowest BCUT2D eigenvalue weighted by Crippen LogP contribution is -2.42. The standard InChI is InChI=1S/C24H32N6O4S/c1-14-7-8-18(31)16(3)21(14)28-23(33)19-11-27-24(35-19)29-22(25)15(2)10-26-12-20(32)30-9-5-6-17(30)13-34-4/h7-8,10-11,17,26,31H,5-6,9,12-13H2,1-4H3,(H,28,33)(H2,25,27,29)/b15-10-. The smallest absolute Gasteiger partial charge is 0.267 e. The Morgan fingerprint density at radius 2 is 2.17 bits per heavy atom. The number of ether oxygens (including phenoxy) is 1. The SMILES string of the molecule is COCC1CCCN1C(=O)CN/C=C(C)\C(N)=N/c1ncc(C(=O)Nc2c(C)ccc(O)c2C)s1. The molecule has 0 radical (unpaired) electrons. The fourth-order valence-corrected chi connectivity index (χ4v) is 4.51. The van der Waals surface area contributed by atoms with Gasteiger partial charge < -0.3 is 31.1 Å². The van der Waals surface area contributed by atoms with Gasteiger partial charge in [-0.15, -0.1) is 0 Å². The molecule has 10 nitrogen and oxygen atoms in total. The van der Waals surface area contributed by atoms with Crippen LogP contribution in [0.2, 0.25) is 0 Å². The zero-order valence-electron chi connectivity index (χ0n) is 20.4. The number of benzene rings is 1. The summed E-state index contributed by atoms with van der Waals surface area (Å²) in [5, 5.41) is 16.1. The number of likely N-dealkylation sites (tertiary alicyclic amines) is 1. The number of phenols is 1. The summed E-state index contributed by atoms with van der Waals surface area (Å²) >= 11 is 1.10. The number of carbonyl (C=O) groups excluding carboxylic acids is 2. The third kappa shape index (κ3) is 6.58. The maximum atomic E-state index is 12.7. The third-order valence-electron chi connectivity index (χ3n) is 5.85. The van der Waals surface area contributed by atoms with Gasteiger partial charge in [0, 0.05) is 31.0 Å². The molecular weight excluding hydrogens is 468 g/mol. The van der Waals surface area contributed by atoms with Crippen LogP contribution in [-0.4, -0.2) is 65.5 Å². The molecule has 2 heterocycles. The Morgan fingerprint density at radius 1 is 1.40 bits per heavy atom. The lowest BCUT2D eigenvalue weighted by molar-refractivity contribution is -0.131. The van der Waals surface area contributed by atoms with Crippen LogP contribution in [0.15, 0.2) is 35.1 Å². The van der Waals surface area contributed by atoms with E-state index in [0.717, 1.165) is 36.3 Å². The molecule has 188 valence electrons. The second kappa shape index (κ2) is 11.8. The van der Waals surface area contributed by atoms with E-state index in [2.05, 4.69) is 20.6 Å². The number of methoxy groups -OCH3 is 1. The number of aromatic nitrogens is 1. The number of carbonyl (C=O) groups is 2. The van der Waals surface area contributed by atoms with Gasteiger partial charge in [-0.1, -0.05) is 17.4 Å². The number of hydrogen-bond donors (Lipinski definition) is 4. The molecule has 1 atom stereocenters. The Morgan fingerprint density at radius 3 is 2.91 bits per heavy atom. The highest BCUT2D eigenvalue weighted by molar-refractivity contribution is 7.17. The first kappa shape index (κ1) is 26.2. The van der Waals surface area contributed by atoms with Crippen molar-refractivity contribution < 1.29 is 19.4 Å². The number of phenolic OH excluding ortho intramolecular Hbond substituents is 1. The minimum Gasteiger partial charge on any atom is -0.508 e. The highest BCUT2D eigenvalue weighted by atomic mass is 32.1. The topological polar surface area (TPSA) is 142 Å². The van der Waals surface area contributed by atoms with E-state index in [4.69, 9.17) is 10.5 Å². The molecule has 11 heteroatoms. The second-order valence-corrected chi connectivity index (χ2v) is 9.42. The number of rotatable bonds is 9. The molecule has 1 unspecified atom stereocenters. The van der Waals surface area contributed by atoms with Crippen molar-refractivity contribution in [3.8, 4) is 5.75 Å². The number of amidine groups is 1. The Labute approximate surface area is 208 Å². The van der Waals surface area contributed by atoms with Crippen LogP contribution in [0.1, 0.15) is 40.6 Å². The molecule has 35 heavy (non-hydrogen) atoms. The van der Waals surface area contributed by atoms with Crippen LogP contribution in [0, 0.1) is 13.8 Å². The lowest BCUT2D eigenvalue weighted by Gasteiger charge is -2.24. The molecule has 2 aromatic rings. The molecular formula is C24H32N6O4S. The first-order valence-corrected chi connectivity index (χ1v) is 12.1. The molecule has 0 spiro atoms. The molecule has 1 aliphatic heterocycles. The lowest BCUT2D eigenvalue weighted by atomic mass is 10.1. The van der Waals surface area contributed by atoms with E-state index >= 15 is 0 Å². The van der Waals surface area contributed by atoms with Crippen LogP contribution in [0.3, 0.4) is 0 Å². The van der Waals surface area contributed by atoms with Gasteiger partial charge in [-0.3, -0.25) is 9.59 Å². The zero-order chi connectivity index (χ0) is 25.5. The fraction of sp³-hybridized carbons (Fsp3) is 0.417. The van der Waals surface area contributed by atoms with Crippen LogP contribution < -0.4 is 16.4 Å². The van der Waals surface area contributed by atoms with Crippen LogP contribution >= 0.6 is 11.3 Å². The van der Waals surface area contributed by atoms with E-state index < -0.39 is 0 Å². The summed E-state index contributed by atoms with van der Waals surface area (Å²) in [5.41, 5.74) is 8.72. The van der Waals surface area contributed by atoms with Crippen molar-refractivity contribution in [3.05, 3.63) is 46.1 Å². The summed E-state index contributed by atoms with van der Waals surface area (Å²) in [6.45, 7) is 6.80. The third-order valence-corrected chi connectivity index (χ3v) is 6.74. The minimum absolute atomic E-state index is 0.0110. The molecule has 1 saturated heterocycles.